The zero-order chi connectivity index (χ0) is 10.1. The van der Waals surface area contributed by atoms with Gasteiger partial charge in [0.05, 0.1) is 0 Å². The van der Waals surface area contributed by atoms with Crippen molar-refractivity contribution in [1.29, 1.82) is 0 Å². The van der Waals surface area contributed by atoms with Crippen LogP contribution in [0.25, 0.3) is 0 Å². The van der Waals surface area contributed by atoms with Gasteiger partial charge in [0.15, 0.2) is 0 Å². The van der Waals surface area contributed by atoms with E-state index in [4.69, 9.17) is 0 Å². The van der Waals surface area contributed by atoms with Crippen LogP contribution in [0.2, 0.25) is 0 Å². The summed E-state index contributed by atoms with van der Waals surface area (Å²) in [6.07, 6.45) is 3.87. The van der Waals surface area contributed by atoms with Gasteiger partial charge in [-0.2, -0.15) is 35.9 Å². The van der Waals surface area contributed by atoms with Gasteiger partial charge in [-0.25, -0.2) is 24.3 Å². The van der Waals surface area contributed by atoms with E-state index < -0.39 is 0 Å². The van der Waals surface area contributed by atoms with Crippen molar-refractivity contribution >= 4 is 0 Å². The minimum atomic E-state index is 0. The molecule has 0 amide bonds. The molecular weight excluding hydrogens is 418 g/mol. The van der Waals surface area contributed by atoms with E-state index in [0.29, 0.717) is 0 Å². The summed E-state index contributed by atoms with van der Waals surface area (Å²) in [5.74, 6) is 0. The van der Waals surface area contributed by atoms with Gasteiger partial charge in [-0.15, -0.1) is 0 Å². The van der Waals surface area contributed by atoms with Crippen molar-refractivity contribution in [2.75, 3.05) is 0 Å². The van der Waals surface area contributed by atoms with Crippen LogP contribution in [0.15, 0.2) is 54.6 Å². The predicted octanol–water partition coefficient (Wildman–Crippen LogP) is -1.84. The van der Waals surface area contributed by atoms with Gasteiger partial charge in [-0.1, -0.05) is 26.2 Å². The molecule has 0 saturated carbocycles. The smallest absolute Gasteiger partial charge is 1.00 e. The molecule has 2 aromatic carbocycles. The normalized spacial score (nSPS) is 7.59. The maximum absolute atomic E-state index is 2.23. The summed E-state index contributed by atoms with van der Waals surface area (Å²) in [4.78, 5) is 0. The Labute approximate surface area is 136 Å². The van der Waals surface area contributed by atoms with Crippen molar-refractivity contribution in [3.8, 4) is 0 Å². The Bertz CT molecular complexity index is 271. The summed E-state index contributed by atoms with van der Waals surface area (Å²) in [5, 5.41) is 0. The largest absolute Gasteiger partial charge is 4.00 e. The number of halogens is 2. The third kappa shape index (κ3) is 12.4. The van der Waals surface area contributed by atoms with Crippen LogP contribution in [0.3, 0.4) is 0 Å². The average Bonchev–Trinajstić information content (AvgIpc) is 2.90. The molecule has 0 fully saturated rings. The maximum Gasteiger partial charge on any atom is 4.00 e. The molecule has 0 bridgehead atoms. The molecular formula is C14H18Cl2Hf. The van der Waals surface area contributed by atoms with Gasteiger partial charge in [0, 0.05) is 0 Å². The van der Waals surface area contributed by atoms with E-state index in [1.807, 2.05) is 30.3 Å². The molecule has 0 radical (unpaired) electrons. The Balaban J connectivity index is -0.000000216. The van der Waals surface area contributed by atoms with Gasteiger partial charge in [-0.05, 0) is 0 Å². The van der Waals surface area contributed by atoms with E-state index >= 15 is 0 Å². The summed E-state index contributed by atoms with van der Waals surface area (Å²) in [5.41, 5.74) is 1.48. The van der Waals surface area contributed by atoms with E-state index in [1.165, 1.54) is 24.8 Å². The van der Waals surface area contributed by atoms with Crippen LogP contribution in [0.1, 0.15) is 25.3 Å². The van der Waals surface area contributed by atoms with Crippen LogP contribution < -0.4 is 24.8 Å². The molecule has 92 valence electrons. The minimum absolute atomic E-state index is 0. The van der Waals surface area contributed by atoms with E-state index in [-0.39, 0.29) is 50.7 Å². The van der Waals surface area contributed by atoms with E-state index in [2.05, 4.69) is 31.2 Å². The van der Waals surface area contributed by atoms with Crippen LogP contribution in [0, 0.1) is 0 Å². The molecule has 0 heterocycles. The number of rotatable bonds is 3. The van der Waals surface area contributed by atoms with Gasteiger partial charge in [0.25, 0.3) is 0 Å². The fourth-order valence-electron chi connectivity index (χ4n) is 1.28. The predicted molar refractivity (Wildman–Crippen MR) is 62.7 cm³/mol. The maximum atomic E-state index is 2.23. The van der Waals surface area contributed by atoms with Gasteiger partial charge < -0.3 is 24.8 Å². The molecule has 2 rings (SSSR count). The van der Waals surface area contributed by atoms with Crippen molar-refractivity contribution < 1.29 is 50.7 Å². The Kier molecular flexibility index (Phi) is 21.2. The molecule has 0 aliphatic rings. The van der Waals surface area contributed by atoms with Crippen LogP contribution >= 0.6 is 0 Å². The molecule has 2 aromatic rings. The zero-order valence-electron chi connectivity index (χ0n) is 10.1. The van der Waals surface area contributed by atoms with Gasteiger partial charge in [0.1, 0.15) is 0 Å². The Hall–Kier alpha value is 0.150. The summed E-state index contributed by atoms with van der Waals surface area (Å²) >= 11 is 0. The summed E-state index contributed by atoms with van der Waals surface area (Å²) in [7, 11) is 0. The Morgan fingerprint density at radius 3 is 1.82 bits per heavy atom. The summed E-state index contributed by atoms with van der Waals surface area (Å²) in [6.45, 7) is 2.23. The Morgan fingerprint density at radius 2 is 1.47 bits per heavy atom. The average molecular weight is 436 g/mol. The number of hydrogen-bond acceptors (Lipinski definition) is 0. The van der Waals surface area contributed by atoms with Crippen LogP contribution in [-0.4, -0.2) is 0 Å². The van der Waals surface area contributed by atoms with Crippen molar-refractivity contribution in [3.63, 3.8) is 0 Å². The molecule has 0 atom stereocenters. The summed E-state index contributed by atoms with van der Waals surface area (Å²) < 4.78 is 0. The third-order valence-electron chi connectivity index (χ3n) is 2.11. The van der Waals surface area contributed by atoms with Gasteiger partial charge >= 0.3 is 25.8 Å². The van der Waals surface area contributed by atoms with Crippen molar-refractivity contribution in [2.45, 2.75) is 26.2 Å². The fourth-order valence-corrected chi connectivity index (χ4v) is 1.28. The standard InChI is InChI=1S/C9H13.C5H5.2ClH.Hf/c1-2-3-6-9-7-4-5-8-9;1-2-4-5-3-1;;;/h4-5,7-8H,2-3,6H2,1H3;1-5H;2*1H;/q2*-1;;;+4/p-2. The quantitative estimate of drug-likeness (QED) is 0.393. The second kappa shape index (κ2) is 16.2. The molecule has 0 nitrogen and oxygen atoms in total. The van der Waals surface area contributed by atoms with E-state index in [0.717, 1.165) is 0 Å². The van der Waals surface area contributed by atoms with Crippen LogP contribution in [0.5, 0.6) is 0 Å². The fraction of sp³-hybridized carbons (Fsp3) is 0.286. The molecule has 0 spiro atoms. The SMILES string of the molecule is CCCC[c-]1cccc1.[Cl-].[Cl-].[Hf+4].c1cc[cH-]c1. The Morgan fingerprint density at radius 1 is 0.941 bits per heavy atom. The third-order valence-corrected chi connectivity index (χ3v) is 2.11. The first-order chi connectivity index (χ1) is 6.93. The molecule has 0 unspecified atom stereocenters. The van der Waals surface area contributed by atoms with Gasteiger partial charge in [-0.3, -0.25) is 0 Å². The van der Waals surface area contributed by atoms with E-state index in [1.54, 1.807) is 0 Å². The zero-order valence-corrected chi connectivity index (χ0v) is 15.2. The van der Waals surface area contributed by atoms with Crippen molar-refractivity contribution in [3.05, 3.63) is 60.2 Å². The topological polar surface area (TPSA) is 0 Å². The number of aryl methyl sites for hydroxylation is 1. The molecule has 0 aliphatic heterocycles. The first-order valence-electron chi connectivity index (χ1n) is 5.30. The van der Waals surface area contributed by atoms with E-state index in [9.17, 15) is 0 Å². The monoisotopic (exact) mass is 436 g/mol. The molecule has 0 aliphatic carbocycles. The van der Waals surface area contributed by atoms with Crippen molar-refractivity contribution in [2.24, 2.45) is 0 Å². The van der Waals surface area contributed by atoms with Crippen LogP contribution in [0.4, 0.5) is 0 Å². The molecule has 0 aromatic heterocycles. The second-order valence-corrected chi connectivity index (χ2v) is 3.36. The molecule has 0 saturated heterocycles. The molecule has 0 N–H and O–H groups in total. The molecule has 3 heteroatoms. The minimum Gasteiger partial charge on any atom is -1.00 e. The van der Waals surface area contributed by atoms with Crippen molar-refractivity contribution in [1.82, 2.24) is 0 Å². The first kappa shape index (κ1) is 22.3. The second-order valence-electron chi connectivity index (χ2n) is 3.36. The van der Waals surface area contributed by atoms with Crippen LogP contribution in [-0.2, 0) is 32.3 Å². The molecule has 17 heavy (non-hydrogen) atoms. The number of unbranched alkanes of at least 4 members (excludes halogenated alkanes) is 1. The first-order valence-corrected chi connectivity index (χ1v) is 5.30. The number of hydrogen-bond donors (Lipinski definition) is 0. The van der Waals surface area contributed by atoms with Gasteiger partial charge in [0.2, 0.25) is 0 Å². The summed E-state index contributed by atoms with van der Waals surface area (Å²) in [6, 6.07) is 18.6.